The Morgan fingerprint density at radius 3 is 2.47 bits per heavy atom. The topological polar surface area (TPSA) is 67.9 Å². The fourth-order valence-corrected chi connectivity index (χ4v) is 3.69. The first-order valence-corrected chi connectivity index (χ1v) is 10.8. The zero-order chi connectivity index (χ0) is 24.2. The highest BCUT2D eigenvalue weighted by molar-refractivity contribution is 7.80. The molecule has 0 bridgehead atoms. The summed E-state index contributed by atoms with van der Waals surface area (Å²) in [6.45, 7) is 2.37. The van der Waals surface area contributed by atoms with Crippen molar-refractivity contribution in [1.29, 1.82) is 0 Å². The minimum absolute atomic E-state index is 0.0409. The second-order valence-electron chi connectivity index (χ2n) is 7.59. The van der Waals surface area contributed by atoms with Crippen LogP contribution in [0.3, 0.4) is 0 Å². The van der Waals surface area contributed by atoms with Crippen LogP contribution < -0.4 is 19.7 Å². The number of nitrogens with one attached hydrogen (secondary N) is 1. The van der Waals surface area contributed by atoms with Crippen LogP contribution in [0.1, 0.15) is 16.7 Å². The maximum absolute atomic E-state index is 14.3. The number of methoxy groups -OCH3 is 1. The first kappa shape index (κ1) is 23.1. The molecule has 2 amide bonds. The summed E-state index contributed by atoms with van der Waals surface area (Å²) in [5, 5.41) is 2.26. The van der Waals surface area contributed by atoms with Crippen LogP contribution in [0.4, 0.5) is 10.1 Å². The monoisotopic (exact) mass is 476 g/mol. The predicted molar refractivity (Wildman–Crippen MR) is 131 cm³/mol. The molecule has 1 heterocycles. The van der Waals surface area contributed by atoms with Crippen LogP contribution in [-0.4, -0.2) is 24.0 Å². The van der Waals surface area contributed by atoms with E-state index in [4.69, 9.17) is 21.7 Å². The van der Waals surface area contributed by atoms with Gasteiger partial charge in [-0.1, -0.05) is 48.0 Å². The van der Waals surface area contributed by atoms with Gasteiger partial charge in [-0.15, -0.1) is 0 Å². The van der Waals surface area contributed by atoms with Gasteiger partial charge in [-0.3, -0.25) is 14.9 Å². The Labute approximate surface area is 201 Å². The quantitative estimate of drug-likeness (QED) is 0.321. The molecular formula is C26H21FN2O4S. The molecule has 0 aliphatic carbocycles. The molecule has 0 aromatic heterocycles. The smallest absolute Gasteiger partial charge is 0.270 e. The summed E-state index contributed by atoms with van der Waals surface area (Å²) < 4.78 is 25.6. The van der Waals surface area contributed by atoms with Gasteiger partial charge in [-0.05, 0) is 60.6 Å². The second-order valence-corrected chi connectivity index (χ2v) is 7.98. The number of rotatable bonds is 6. The van der Waals surface area contributed by atoms with E-state index in [9.17, 15) is 14.0 Å². The molecule has 1 aliphatic rings. The number of hydrogen-bond donors (Lipinski definition) is 1. The van der Waals surface area contributed by atoms with Crippen LogP contribution in [0.15, 0.2) is 72.3 Å². The molecule has 1 aliphatic heterocycles. The number of benzene rings is 3. The molecule has 4 rings (SSSR count). The standard InChI is InChI=1S/C26H21FN2O4S/c1-16-7-9-17(10-8-16)15-33-22-12-11-18(14-23(22)32-2)13-19-24(30)28-26(34)29(25(19)31)21-6-4-3-5-20(21)27/h3-14H,15H2,1-2H3,(H,28,30,34)/b19-13+. The third-order valence-electron chi connectivity index (χ3n) is 5.21. The molecule has 1 N–H and O–H groups in total. The van der Waals surface area contributed by atoms with Crippen molar-refractivity contribution in [2.45, 2.75) is 13.5 Å². The van der Waals surface area contributed by atoms with Gasteiger partial charge in [0.15, 0.2) is 16.6 Å². The zero-order valence-corrected chi connectivity index (χ0v) is 19.3. The third kappa shape index (κ3) is 4.82. The minimum Gasteiger partial charge on any atom is -0.493 e. The SMILES string of the molecule is COc1cc(/C=C2\C(=O)NC(=S)N(c3ccccc3F)C2=O)ccc1OCc1ccc(C)cc1. The number of thiocarbonyl (C=S) groups is 1. The van der Waals surface area contributed by atoms with Crippen LogP contribution in [0.2, 0.25) is 0 Å². The Morgan fingerprint density at radius 1 is 1.03 bits per heavy atom. The number of ether oxygens (including phenoxy) is 2. The van der Waals surface area contributed by atoms with E-state index < -0.39 is 17.6 Å². The predicted octanol–water partition coefficient (Wildman–Crippen LogP) is 4.55. The molecular weight excluding hydrogens is 455 g/mol. The Hall–Kier alpha value is -4.04. The van der Waals surface area contributed by atoms with E-state index in [0.29, 0.717) is 23.7 Å². The van der Waals surface area contributed by atoms with Crippen molar-refractivity contribution in [3.8, 4) is 11.5 Å². The summed E-state index contributed by atoms with van der Waals surface area (Å²) in [6, 6.07) is 18.7. The highest BCUT2D eigenvalue weighted by Crippen LogP contribution is 2.31. The summed E-state index contributed by atoms with van der Waals surface area (Å²) in [7, 11) is 1.50. The third-order valence-corrected chi connectivity index (χ3v) is 5.49. The number of carbonyl (C=O) groups is 2. The lowest BCUT2D eigenvalue weighted by Crippen LogP contribution is -2.54. The summed E-state index contributed by atoms with van der Waals surface area (Å²) >= 11 is 5.12. The van der Waals surface area contributed by atoms with Crippen LogP contribution in [0, 0.1) is 12.7 Å². The lowest BCUT2D eigenvalue weighted by atomic mass is 10.1. The van der Waals surface area contributed by atoms with Crippen LogP contribution in [0.25, 0.3) is 6.08 Å². The van der Waals surface area contributed by atoms with Gasteiger partial charge in [0, 0.05) is 0 Å². The molecule has 3 aromatic rings. The molecule has 0 saturated carbocycles. The number of halogens is 1. The minimum atomic E-state index is -0.725. The highest BCUT2D eigenvalue weighted by Gasteiger charge is 2.35. The number of anilines is 1. The molecule has 0 unspecified atom stereocenters. The van der Waals surface area contributed by atoms with Crippen LogP contribution >= 0.6 is 12.2 Å². The first-order chi connectivity index (χ1) is 16.4. The molecule has 1 saturated heterocycles. The molecule has 0 spiro atoms. The average Bonchev–Trinajstić information content (AvgIpc) is 2.83. The molecule has 0 radical (unpaired) electrons. The summed E-state index contributed by atoms with van der Waals surface area (Å²) in [5.74, 6) is -1.07. The van der Waals surface area contributed by atoms with Gasteiger partial charge in [-0.25, -0.2) is 9.29 Å². The normalized spacial score (nSPS) is 14.9. The lowest BCUT2D eigenvalue weighted by molar-refractivity contribution is -0.122. The second kappa shape index (κ2) is 9.84. The Kier molecular flexibility index (Phi) is 6.70. The van der Waals surface area contributed by atoms with E-state index in [1.54, 1.807) is 24.3 Å². The number of para-hydroxylation sites is 1. The number of carbonyl (C=O) groups excluding carboxylic acids is 2. The molecule has 3 aromatic carbocycles. The Balaban J connectivity index is 1.60. The number of amides is 2. The van der Waals surface area contributed by atoms with Crippen LogP contribution in [-0.2, 0) is 16.2 Å². The summed E-state index contributed by atoms with van der Waals surface area (Å²) in [5.41, 5.74) is 2.47. The van der Waals surface area contributed by atoms with E-state index in [2.05, 4.69) is 5.32 Å². The van der Waals surface area contributed by atoms with E-state index in [-0.39, 0.29) is 16.4 Å². The molecule has 34 heavy (non-hydrogen) atoms. The van der Waals surface area contributed by atoms with Crippen LogP contribution in [0.5, 0.6) is 11.5 Å². The molecule has 6 nitrogen and oxygen atoms in total. The Bertz CT molecular complexity index is 1300. The van der Waals surface area contributed by atoms with Crippen molar-refractivity contribution < 1.29 is 23.5 Å². The largest absolute Gasteiger partial charge is 0.493 e. The van der Waals surface area contributed by atoms with Crippen molar-refractivity contribution in [2.24, 2.45) is 0 Å². The van der Waals surface area contributed by atoms with Gasteiger partial charge in [0.2, 0.25) is 0 Å². The van der Waals surface area contributed by atoms with Gasteiger partial charge in [0.25, 0.3) is 11.8 Å². The van der Waals surface area contributed by atoms with Gasteiger partial charge in [0.05, 0.1) is 12.8 Å². The number of hydrogen-bond acceptors (Lipinski definition) is 5. The van der Waals surface area contributed by atoms with Crippen molar-refractivity contribution in [1.82, 2.24) is 5.32 Å². The summed E-state index contributed by atoms with van der Waals surface area (Å²) in [6.07, 6.45) is 1.40. The van der Waals surface area contributed by atoms with Crippen molar-refractivity contribution >= 4 is 40.9 Å². The first-order valence-electron chi connectivity index (χ1n) is 10.4. The van der Waals surface area contributed by atoms with Gasteiger partial charge >= 0.3 is 0 Å². The molecule has 0 atom stereocenters. The summed E-state index contributed by atoms with van der Waals surface area (Å²) in [4.78, 5) is 26.6. The molecule has 172 valence electrons. The lowest BCUT2D eigenvalue weighted by Gasteiger charge is -2.29. The van der Waals surface area contributed by atoms with Gasteiger partial charge in [-0.2, -0.15) is 0 Å². The average molecular weight is 477 g/mol. The van der Waals surface area contributed by atoms with E-state index in [0.717, 1.165) is 16.0 Å². The van der Waals surface area contributed by atoms with Crippen molar-refractivity contribution in [3.63, 3.8) is 0 Å². The van der Waals surface area contributed by atoms with Crippen molar-refractivity contribution in [3.05, 3.63) is 94.8 Å². The fourth-order valence-electron chi connectivity index (χ4n) is 3.41. The maximum atomic E-state index is 14.3. The van der Waals surface area contributed by atoms with Gasteiger partial charge in [0.1, 0.15) is 18.0 Å². The van der Waals surface area contributed by atoms with E-state index in [1.807, 2.05) is 31.2 Å². The highest BCUT2D eigenvalue weighted by atomic mass is 32.1. The number of aryl methyl sites for hydroxylation is 1. The van der Waals surface area contributed by atoms with E-state index in [1.165, 1.54) is 31.4 Å². The van der Waals surface area contributed by atoms with Crippen molar-refractivity contribution in [2.75, 3.05) is 12.0 Å². The Morgan fingerprint density at radius 2 is 1.76 bits per heavy atom. The maximum Gasteiger partial charge on any atom is 0.270 e. The number of nitrogens with zero attached hydrogens (tertiary/aromatic N) is 1. The fraction of sp³-hybridized carbons (Fsp3) is 0.115. The van der Waals surface area contributed by atoms with Gasteiger partial charge < -0.3 is 9.47 Å². The van der Waals surface area contributed by atoms with E-state index >= 15 is 0 Å². The molecule has 8 heteroatoms. The zero-order valence-electron chi connectivity index (χ0n) is 18.5. The molecule has 1 fully saturated rings.